The van der Waals surface area contributed by atoms with Crippen molar-refractivity contribution >= 4 is 51.2 Å². The van der Waals surface area contributed by atoms with Crippen molar-refractivity contribution < 1.29 is 9.18 Å². The van der Waals surface area contributed by atoms with Gasteiger partial charge in [-0.2, -0.15) is 5.10 Å². The third-order valence-corrected chi connectivity index (χ3v) is 5.70. The normalized spacial score (nSPS) is 14.1. The highest BCUT2D eigenvalue weighted by molar-refractivity contribution is 14.1. The van der Waals surface area contributed by atoms with E-state index in [1.807, 2.05) is 18.2 Å². The van der Waals surface area contributed by atoms with Gasteiger partial charge in [-0.15, -0.1) is 0 Å². The SMILES string of the molecule is O=C(NC1CC1)c1cc(F)ccc1Sc1ccc2c(I)n[nH]c2c1. The van der Waals surface area contributed by atoms with Gasteiger partial charge in [0.1, 0.15) is 9.52 Å². The van der Waals surface area contributed by atoms with E-state index >= 15 is 0 Å². The van der Waals surface area contributed by atoms with Gasteiger partial charge in [0.2, 0.25) is 0 Å². The van der Waals surface area contributed by atoms with E-state index in [0.29, 0.717) is 5.56 Å². The molecule has 3 aromatic rings. The van der Waals surface area contributed by atoms with Crippen LogP contribution in [0.3, 0.4) is 0 Å². The molecule has 1 aliphatic rings. The number of hydrogen-bond donors (Lipinski definition) is 2. The predicted octanol–water partition coefficient (Wildman–Crippen LogP) is 4.35. The number of halogens is 2. The number of fused-ring (bicyclic) bond motifs is 1. The first-order chi connectivity index (χ1) is 11.6. The Bertz CT molecular complexity index is 939. The molecule has 0 atom stereocenters. The summed E-state index contributed by atoms with van der Waals surface area (Å²) < 4.78 is 14.5. The lowest BCUT2D eigenvalue weighted by Crippen LogP contribution is -2.26. The van der Waals surface area contributed by atoms with Crippen LogP contribution in [0, 0.1) is 9.52 Å². The molecule has 1 amide bonds. The van der Waals surface area contributed by atoms with Gasteiger partial charge in [-0.1, -0.05) is 11.8 Å². The zero-order valence-electron chi connectivity index (χ0n) is 12.5. The van der Waals surface area contributed by atoms with Crippen LogP contribution in [-0.4, -0.2) is 22.1 Å². The molecule has 1 saturated carbocycles. The topological polar surface area (TPSA) is 57.8 Å². The van der Waals surface area contributed by atoms with E-state index < -0.39 is 5.82 Å². The van der Waals surface area contributed by atoms with Gasteiger partial charge in [-0.3, -0.25) is 9.89 Å². The van der Waals surface area contributed by atoms with E-state index in [-0.39, 0.29) is 11.9 Å². The molecule has 4 rings (SSSR count). The zero-order valence-corrected chi connectivity index (χ0v) is 15.4. The largest absolute Gasteiger partial charge is 0.349 e. The van der Waals surface area contributed by atoms with Crippen LogP contribution in [0.4, 0.5) is 4.39 Å². The molecule has 4 nitrogen and oxygen atoms in total. The Kier molecular flexibility index (Phi) is 4.21. The van der Waals surface area contributed by atoms with Crippen LogP contribution < -0.4 is 5.32 Å². The number of aromatic amines is 1. The second kappa shape index (κ2) is 6.36. The first kappa shape index (κ1) is 15.9. The number of H-pyrrole nitrogens is 1. The average Bonchev–Trinajstić information content (AvgIpc) is 3.31. The summed E-state index contributed by atoms with van der Waals surface area (Å²) >= 11 is 3.62. The number of benzene rings is 2. The Hall–Kier alpha value is -1.61. The lowest BCUT2D eigenvalue weighted by atomic mass is 10.2. The minimum absolute atomic E-state index is 0.211. The predicted molar refractivity (Wildman–Crippen MR) is 99.8 cm³/mol. The zero-order chi connectivity index (χ0) is 16.7. The number of nitrogens with one attached hydrogen (secondary N) is 2. The maximum Gasteiger partial charge on any atom is 0.252 e. The molecule has 0 saturated heterocycles. The van der Waals surface area contributed by atoms with Gasteiger partial charge < -0.3 is 5.32 Å². The lowest BCUT2D eigenvalue weighted by molar-refractivity contribution is 0.0947. The second-order valence-electron chi connectivity index (χ2n) is 5.71. The van der Waals surface area contributed by atoms with Crippen LogP contribution in [-0.2, 0) is 0 Å². The van der Waals surface area contributed by atoms with E-state index in [2.05, 4.69) is 38.1 Å². The summed E-state index contributed by atoms with van der Waals surface area (Å²) in [5.74, 6) is -0.615. The molecule has 24 heavy (non-hydrogen) atoms. The first-order valence-corrected chi connectivity index (χ1v) is 9.41. The summed E-state index contributed by atoms with van der Waals surface area (Å²) in [6.07, 6.45) is 2.00. The fourth-order valence-corrected chi connectivity index (χ4v) is 3.97. The fraction of sp³-hybridized carbons (Fsp3) is 0.176. The van der Waals surface area contributed by atoms with E-state index in [1.54, 1.807) is 6.07 Å². The molecule has 1 heterocycles. The molecule has 7 heteroatoms. The van der Waals surface area contributed by atoms with Crippen molar-refractivity contribution in [2.45, 2.75) is 28.7 Å². The fourth-order valence-electron chi connectivity index (χ4n) is 2.42. The Balaban J connectivity index is 1.65. The molecule has 0 radical (unpaired) electrons. The summed E-state index contributed by atoms with van der Waals surface area (Å²) in [4.78, 5) is 14.1. The third-order valence-electron chi connectivity index (χ3n) is 3.81. The van der Waals surface area contributed by atoms with Crippen LogP contribution in [0.5, 0.6) is 0 Å². The Morgan fingerprint density at radius 2 is 2.12 bits per heavy atom. The number of amides is 1. The minimum atomic E-state index is -0.404. The Morgan fingerprint density at radius 1 is 1.29 bits per heavy atom. The van der Waals surface area contributed by atoms with Crippen molar-refractivity contribution in [3.63, 3.8) is 0 Å². The molecule has 2 aromatic carbocycles. The summed E-state index contributed by atoms with van der Waals surface area (Å²) in [5.41, 5.74) is 1.32. The number of hydrogen-bond acceptors (Lipinski definition) is 3. The van der Waals surface area contributed by atoms with Crippen LogP contribution >= 0.6 is 34.4 Å². The highest BCUT2D eigenvalue weighted by Gasteiger charge is 2.25. The monoisotopic (exact) mass is 453 g/mol. The van der Waals surface area contributed by atoms with Gasteiger partial charge in [-0.05, 0) is 71.8 Å². The van der Waals surface area contributed by atoms with Crippen LogP contribution in [0.15, 0.2) is 46.2 Å². The van der Waals surface area contributed by atoms with Gasteiger partial charge in [0, 0.05) is 21.2 Å². The van der Waals surface area contributed by atoms with Crippen molar-refractivity contribution in [1.29, 1.82) is 0 Å². The number of aromatic nitrogens is 2. The van der Waals surface area contributed by atoms with Crippen molar-refractivity contribution in [1.82, 2.24) is 15.5 Å². The van der Waals surface area contributed by atoms with E-state index in [1.165, 1.54) is 23.9 Å². The van der Waals surface area contributed by atoms with E-state index in [0.717, 1.165) is 37.2 Å². The number of carbonyl (C=O) groups is 1. The lowest BCUT2D eigenvalue weighted by Gasteiger charge is -2.10. The average molecular weight is 453 g/mol. The smallest absolute Gasteiger partial charge is 0.252 e. The first-order valence-electron chi connectivity index (χ1n) is 7.52. The molecule has 2 N–H and O–H groups in total. The maximum atomic E-state index is 13.6. The standard InChI is InChI=1S/C17H13FIN3OS/c18-9-1-6-15(13(7-9)17(23)20-10-2-3-10)24-11-4-5-12-14(8-11)21-22-16(12)19/h1,4-8,10H,2-3H2,(H,20,23)(H,21,22). The van der Waals surface area contributed by atoms with E-state index in [4.69, 9.17) is 0 Å². The molecular weight excluding hydrogens is 440 g/mol. The van der Waals surface area contributed by atoms with Gasteiger partial charge in [0.15, 0.2) is 0 Å². The third kappa shape index (κ3) is 3.27. The van der Waals surface area contributed by atoms with Gasteiger partial charge in [0.25, 0.3) is 5.91 Å². The van der Waals surface area contributed by atoms with E-state index in [9.17, 15) is 9.18 Å². The summed E-state index contributed by atoms with van der Waals surface area (Å²) in [5, 5.41) is 11.1. The molecule has 1 fully saturated rings. The maximum absolute atomic E-state index is 13.6. The summed E-state index contributed by atoms with van der Waals surface area (Å²) in [6.45, 7) is 0. The van der Waals surface area contributed by atoms with Gasteiger partial charge in [-0.25, -0.2) is 4.39 Å². The van der Waals surface area contributed by atoms with Gasteiger partial charge >= 0.3 is 0 Å². The molecule has 0 bridgehead atoms. The number of carbonyl (C=O) groups excluding carboxylic acids is 1. The number of rotatable bonds is 4. The molecule has 122 valence electrons. The molecular formula is C17H13FIN3OS. The Morgan fingerprint density at radius 3 is 2.92 bits per heavy atom. The molecule has 1 aliphatic carbocycles. The highest BCUT2D eigenvalue weighted by atomic mass is 127. The Labute approximate surface area is 155 Å². The van der Waals surface area contributed by atoms with Crippen LogP contribution in [0.1, 0.15) is 23.2 Å². The second-order valence-corrected chi connectivity index (χ2v) is 7.85. The molecule has 1 aromatic heterocycles. The van der Waals surface area contributed by atoms with Crippen molar-refractivity contribution in [2.75, 3.05) is 0 Å². The molecule has 0 spiro atoms. The van der Waals surface area contributed by atoms with Crippen molar-refractivity contribution in [3.8, 4) is 0 Å². The van der Waals surface area contributed by atoms with Gasteiger partial charge in [0.05, 0.1) is 11.1 Å². The minimum Gasteiger partial charge on any atom is -0.349 e. The van der Waals surface area contributed by atoms with Crippen LogP contribution in [0.2, 0.25) is 0 Å². The molecule has 0 unspecified atom stereocenters. The summed E-state index contributed by atoms with van der Waals surface area (Å²) in [6, 6.07) is 10.5. The molecule has 0 aliphatic heterocycles. The highest BCUT2D eigenvalue weighted by Crippen LogP contribution is 2.33. The van der Waals surface area contributed by atoms with Crippen LogP contribution in [0.25, 0.3) is 10.9 Å². The van der Waals surface area contributed by atoms with Crippen molar-refractivity contribution in [3.05, 3.63) is 51.5 Å². The number of nitrogens with zero attached hydrogens (tertiary/aromatic N) is 1. The quantitative estimate of drug-likeness (QED) is 0.578. The van der Waals surface area contributed by atoms with Crippen molar-refractivity contribution in [2.24, 2.45) is 0 Å². The summed E-state index contributed by atoms with van der Waals surface area (Å²) in [7, 11) is 0.